The molecule has 21 heavy (non-hydrogen) atoms. The van der Waals surface area contributed by atoms with Gasteiger partial charge in [-0.1, -0.05) is 13.0 Å². The van der Waals surface area contributed by atoms with Crippen molar-refractivity contribution >= 4 is 12.1 Å². The average Bonchev–Trinajstić information content (AvgIpc) is 2.37. The van der Waals surface area contributed by atoms with Gasteiger partial charge < -0.3 is 9.84 Å². The molecule has 1 aromatic rings. The first-order valence-electron chi connectivity index (χ1n) is 6.88. The maximum atomic E-state index is 12.3. The van der Waals surface area contributed by atoms with Gasteiger partial charge in [-0.2, -0.15) is 0 Å². The minimum Gasteiger partial charge on any atom is -0.479 e. The van der Waals surface area contributed by atoms with E-state index in [4.69, 9.17) is 4.74 Å². The number of nitrogens with zero attached hydrogens (tertiary/aromatic N) is 2. The van der Waals surface area contributed by atoms with Crippen molar-refractivity contribution in [3.05, 3.63) is 30.1 Å². The fourth-order valence-corrected chi connectivity index (χ4v) is 1.88. The van der Waals surface area contributed by atoms with Crippen LogP contribution >= 0.6 is 0 Å². The highest BCUT2D eigenvalue weighted by molar-refractivity contribution is 5.81. The van der Waals surface area contributed by atoms with Gasteiger partial charge in [0.15, 0.2) is 6.04 Å². The number of pyridine rings is 1. The van der Waals surface area contributed by atoms with Gasteiger partial charge in [0.05, 0.1) is 0 Å². The number of amides is 1. The smallest absolute Gasteiger partial charge is 0.411 e. The summed E-state index contributed by atoms with van der Waals surface area (Å²) in [6.07, 6.45) is 3.00. The van der Waals surface area contributed by atoms with E-state index in [9.17, 15) is 14.7 Å². The van der Waals surface area contributed by atoms with Crippen molar-refractivity contribution in [2.45, 2.75) is 45.8 Å². The van der Waals surface area contributed by atoms with Crippen LogP contribution in [0.4, 0.5) is 4.79 Å². The summed E-state index contributed by atoms with van der Waals surface area (Å²) in [6, 6.07) is 2.18. The third kappa shape index (κ3) is 5.06. The highest BCUT2D eigenvalue weighted by atomic mass is 16.6. The number of rotatable bonds is 5. The summed E-state index contributed by atoms with van der Waals surface area (Å²) in [7, 11) is 0. The fourth-order valence-electron chi connectivity index (χ4n) is 1.88. The molecule has 1 N–H and O–H groups in total. The maximum Gasteiger partial charge on any atom is 0.411 e. The molecular formula is C15H22N2O4. The molecule has 1 atom stereocenters. The van der Waals surface area contributed by atoms with Crippen LogP contribution in [0, 0.1) is 0 Å². The Morgan fingerprint density at radius 3 is 2.52 bits per heavy atom. The molecule has 0 aliphatic rings. The minimum absolute atomic E-state index is 0.292. The molecule has 1 heterocycles. The molecule has 1 unspecified atom stereocenters. The second-order valence-corrected chi connectivity index (χ2v) is 5.70. The topological polar surface area (TPSA) is 79.7 Å². The molecule has 0 aliphatic carbocycles. The number of carboxylic acids is 1. The van der Waals surface area contributed by atoms with Crippen LogP contribution in [0.3, 0.4) is 0 Å². The number of hydrogen-bond acceptors (Lipinski definition) is 4. The van der Waals surface area contributed by atoms with Crippen LogP contribution in [0.5, 0.6) is 0 Å². The van der Waals surface area contributed by atoms with Crippen LogP contribution in [-0.2, 0) is 9.53 Å². The lowest BCUT2D eigenvalue weighted by atomic mass is 10.1. The molecule has 1 rings (SSSR count). The SMILES string of the molecule is CCCN(C(=O)OC(C)(C)C)C(C(=O)O)c1cccnc1. The maximum absolute atomic E-state index is 12.3. The Bertz CT molecular complexity index is 482. The third-order valence-corrected chi connectivity index (χ3v) is 2.64. The molecular weight excluding hydrogens is 272 g/mol. The quantitative estimate of drug-likeness (QED) is 0.903. The first kappa shape index (κ1) is 16.9. The van der Waals surface area contributed by atoms with E-state index in [0.29, 0.717) is 18.5 Å². The highest BCUT2D eigenvalue weighted by Gasteiger charge is 2.33. The fraction of sp³-hybridized carbons (Fsp3) is 0.533. The van der Waals surface area contributed by atoms with Gasteiger partial charge in [0, 0.05) is 24.5 Å². The molecule has 116 valence electrons. The summed E-state index contributed by atoms with van der Waals surface area (Å²) >= 11 is 0. The standard InChI is InChI=1S/C15H22N2O4/c1-5-9-17(14(20)21-15(2,3)4)12(13(18)19)11-7-6-8-16-10-11/h6-8,10,12H,5,9H2,1-4H3,(H,18,19). The molecule has 0 fully saturated rings. The van der Waals surface area contributed by atoms with E-state index in [1.807, 2.05) is 6.92 Å². The Morgan fingerprint density at radius 2 is 2.10 bits per heavy atom. The van der Waals surface area contributed by atoms with Gasteiger partial charge in [0.1, 0.15) is 5.60 Å². The number of aliphatic carboxylic acids is 1. The van der Waals surface area contributed by atoms with Gasteiger partial charge in [0.25, 0.3) is 0 Å². The molecule has 6 nitrogen and oxygen atoms in total. The van der Waals surface area contributed by atoms with Crippen molar-refractivity contribution in [1.29, 1.82) is 0 Å². The summed E-state index contributed by atoms with van der Waals surface area (Å²) in [5.74, 6) is -1.11. The normalized spacial score (nSPS) is 12.6. The first-order valence-corrected chi connectivity index (χ1v) is 6.88. The van der Waals surface area contributed by atoms with E-state index in [2.05, 4.69) is 4.98 Å². The van der Waals surface area contributed by atoms with Crippen molar-refractivity contribution in [3.8, 4) is 0 Å². The molecule has 1 amide bonds. The van der Waals surface area contributed by atoms with E-state index in [-0.39, 0.29) is 0 Å². The Kier molecular flexibility index (Phi) is 5.69. The number of aromatic nitrogens is 1. The van der Waals surface area contributed by atoms with Crippen LogP contribution in [-0.4, -0.2) is 39.2 Å². The number of carbonyl (C=O) groups is 2. The van der Waals surface area contributed by atoms with Gasteiger partial charge in [-0.05, 0) is 33.3 Å². The zero-order valence-electron chi connectivity index (χ0n) is 12.9. The Labute approximate surface area is 124 Å². The summed E-state index contributed by atoms with van der Waals surface area (Å²) in [5, 5.41) is 9.49. The number of ether oxygens (including phenoxy) is 1. The van der Waals surface area contributed by atoms with E-state index in [1.165, 1.54) is 11.1 Å². The van der Waals surface area contributed by atoms with Crippen LogP contribution < -0.4 is 0 Å². The molecule has 0 spiro atoms. The Morgan fingerprint density at radius 1 is 1.43 bits per heavy atom. The van der Waals surface area contributed by atoms with Crippen molar-refractivity contribution in [2.24, 2.45) is 0 Å². The van der Waals surface area contributed by atoms with E-state index in [0.717, 1.165) is 0 Å². The molecule has 0 bridgehead atoms. The first-order chi connectivity index (χ1) is 9.76. The predicted octanol–water partition coefficient (Wildman–Crippen LogP) is 2.85. The molecule has 1 aromatic heterocycles. The van der Waals surface area contributed by atoms with Crippen molar-refractivity contribution < 1.29 is 19.4 Å². The number of carbonyl (C=O) groups excluding carboxylic acids is 1. The van der Waals surface area contributed by atoms with E-state index < -0.39 is 23.7 Å². The third-order valence-electron chi connectivity index (χ3n) is 2.64. The zero-order valence-corrected chi connectivity index (χ0v) is 12.9. The lowest BCUT2D eigenvalue weighted by Crippen LogP contribution is -2.42. The molecule has 0 radical (unpaired) electrons. The lowest BCUT2D eigenvalue weighted by molar-refractivity contribution is -0.143. The van der Waals surface area contributed by atoms with Crippen molar-refractivity contribution in [2.75, 3.05) is 6.54 Å². The molecule has 0 saturated carbocycles. The van der Waals surface area contributed by atoms with Gasteiger partial charge >= 0.3 is 12.1 Å². The monoisotopic (exact) mass is 294 g/mol. The van der Waals surface area contributed by atoms with Gasteiger partial charge in [-0.15, -0.1) is 0 Å². The minimum atomic E-state index is -1.11. The molecule has 6 heteroatoms. The summed E-state index contributed by atoms with van der Waals surface area (Å²) in [6.45, 7) is 7.40. The van der Waals surface area contributed by atoms with Crippen LogP contribution in [0.25, 0.3) is 0 Å². The van der Waals surface area contributed by atoms with Crippen LogP contribution in [0.1, 0.15) is 45.7 Å². The largest absolute Gasteiger partial charge is 0.479 e. The Balaban J connectivity index is 3.10. The second-order valence-electron chi connectivity index (χ2n) is 5.70. The Hall–Kier alpha value is -2.11. The van der Waals surface area contributed by atoms with Crippen molar-refractivity contribution in [1.82, 2.24) is 9.88 Å². The molecule has 0 saturated heterocycles. The zero-order chi connectivity index (χ0) is 16.0. The van der Waals surface area contributed by atoms with E-state index in [1.54, 1.807) is 39.1 Å². The predicted molar refractivity (Wildman–Crippen MR) is 77.8 cm³/mol. The number of hydrogen-bond donors (Lipinski definition) is 1. The van der Waals surface area contributed by atoms with Crippen molar-refractivity contribution in [3.63, 3.8) is 0 Å². The average molecular weight is 294 g/mol. The van der Waals surface area contributed by atoms with Gasteiger partial charge in [-0.25, -0.2) is 9.59 Å². The van der Waals surface area contributed by atoms with E-state index >= 15 is 0 Å². The lowest BCUT2D eigenvalue weighted by Gasteiger charge is -2.31. The number of carboxylic acid groups (broad SMARTS) is 1. The van der Waals surface area contributed by atoms with Gasteiger partial charge in [-0.3, -0.25) is 9.88 Å². The van der Waals surface area contributed by atoms with Gasteiger partial charge in [0.2, 0.25) is 0 Å². The molecule has 0 aliphatic heterocycles. The summed E-state index contributed by atoms with van der Waals surface area (Å²) < 4.78 is 5.31. The molecule has 0 aromatic carbocycles. The second kappa shape index (κ2) is 7.06. The van der Waals surface area contributed by atoms with Crippen LogP contribution in [0.15, 0.2) is 24.5 Å². The van der Waals surface area contributed by atoms with Crippen LogP contribution in [0.2, 0.25) is 0 Å². The summed E-state index contributed by atoms with van der Waals surface area (Å²) in [5.41, 5.74) is -0.231. The highest BCUT2D eigenvalue weighted by Crippen LogP contribution is 2.23. The summed E-state index contributed by atoms with van der Waals surface area (Å²) in [4.78, 5) is 29.0.